The van der Waals surface area contributed by atoms with Crippen molar-refractivity contribution in [2.24, 2.45) is 0 Å². The van der Waals surface area contributed by atoms with Crippen LogP contribution in [0, 0.1) is 6.92 Å². The molecule has 0 fully saturated rings. The first-order valence-corrected chi connectivity index (χ1v) is 11.8. The number of carbonyl (C=O) groups excluding carboxylic acids is 2. The monoisotopic (exact) mass is 409 g/mol. The zero-order chi connectivity index (χ0) is 20.8. The second kappa shape index (κ2) is 14.6. The molecule has 160 valence electrons. The summed E-state index contributed by atoms with van der Waals surface area (Å²) in [4.78, 5) is 31.9. The third-order valence-corrected chi connectivity index (χ3v) is 5.95. The van der Waals surface area contributed by atoms with Crippen LogP contribution in [-0.4, -0.2) is 34.3 Å². The molecule has 1 atom stereocenters. The van der Waals surface area contributed by atoms with Crippen molar-refractivity contribution in [3.8, 4) is 0 Å². The van der Waals surface area contributed by atoms with Crippen molar-refractivity contribution >= 4 is 28.3 Å². The first-order chi connectivity index (χ1) is 13.5. The molecule has 6 heteroatoms. The van der Waals surface area contributed by atoms with Crippen molar-refractivity contribution in [1.29, 1.82) is 0 Å². The number of aromatic nitrogens is 1. The number of unbranched alkanes of at least 4 members (excludes halogenated alkanes) is 8. The number of carbonyl (C=O) groups is 2. The lowest BCUT2D eigenvalue weighted by Crippen LogP contribution is -2.43. The van der Waals surface area contributed by atoms with E-state index in [1.165, 1.54) is 56.3 Å². The maximum Gasteiger partial charge on any atom is 0.245 e. The molecule has 1 rings (SSSR count). The Morgan fingerprint density at radius 2 is 1.68 bits per heavy atom. The van der Waals surface area contributed by atoms with Gasteiger partial charge in [0, 0.05) is 23.5 Å². The summed E-state index contributed by atoms with van der Waals surface area (Å²) in [7, 11) is 0. The van der Waals surface area contributed by atoms with Crippen LogP contribution in [0.1, 0.15) is 96.3 Å². The molecule has 0 aliphatic carbocycles. The van der Waals surface area contributed by atoms with Gasteiger partial charge in [0.05, 0.1) is 0 Å². The predicted molar refractivity (Wildman–Crippen MR) is 119 cm³/mol. The van der Waals surface area contributed by atoms with Gasteiger partial charge in [0.15, 0.2) is 5.13 Å². The molecular formula is C22H39N3O2S. The molecule has 1 N–H and O–H groups in total. The second-order valence-electron chi connectivity index (χ2n) is 7.68. The van der Waals surface area contributed by atoms with Gasteiger partial charge < -0.3 is 10.2 Å². The Hall–Kier alpha value is -1.43. The van der Waals surface area contributed by atoms with Crippen LogP contribution in [0.3, 0.4) is 0 Å². The molecule has 1 unspecified atom stereocenters. The average molecular weight is 410 g/mol. The molecule has 0 bridgehead atoms. The minimum atomic E-state index is -0.171. The molecular weight excluding hydrogens is 370 g/mol. The van der Waals surface area contributed by atoms with Crippen LogP contribution in [0.2, 0.25) is 0 Å². The first kappa shape index (κ1) is 24.6. The number of aryl methyl sites for hydroxylation is 1. The number of nitrogens with one attached hydrogen (secondary N) is 1. The lowest BCUT2D eigenvalue weighted by molar-refractivity contribution is -0.136. The highest BCUT2D eigenvalue weighted by Gasteiger charge is 2.21. The first-order valence-electron chi connectivity index (χ1n) is 11.0. The van der Waals surface area contributed by atoms with E-state index in [1.54, 1.807) is 11.1 Å². The van der Waals surface area contributed by atoms with Crippen LogP contribution in [0.4, 0.5) is 5.13 Å². The topological polar surface area (TPSA) is 62.3 Å². The highest BCUT2D eigenvalue weighted by molar-refractivity contribution is 7.15. The number of hydrogen-bond acceptors (Lipinski definition) is 4. The van der Waals surface area contributed by atoms with Crippen molar-refractivity contribution in [2.45, 2.75) is 104 Å². The van der Waals surface area contributed by atoms with Crippen molar-refractivity contribution in [3.63, 3.8) is 0 Å². The highest BCUT2D eigenvalue weighted by atomic mass is 32.1. The Balaban J connectivity index is 2.32. The maximum absolute atomic E-state index is 12.7. The van der Waals surface area contributed by atoms with E-state index in [9.17, 15) is 9.59 Å². The van der Waals surface area contributed by atoms with Crippen molar-refractivity contribution in [1.82, 2.24) is 9.88 Å². The van der Waals surface area contributed by atoms with Crippen molar-refractivity contribution in [3.05, 3.63) is 11.1 Å². The Bertz CT molecular complexity index is 574. The molecule has 1 heterocycles. The number of hydrogen-bond donors (Lipinski definition) is 1. The summed E-state index contributed by atoms with van der Waals surface area (Å²) in [6, 6.07) is 0.0647. The number of rotatable bonds is 15. The Morgan fingerprint density at radius 1 is 1.07 bits per heavy atom. The fourth-order valence-corrected chi connectivity index (χ4v) is 3.85. The number of amides is 2. The van der Waals surface area contributed by atoms with Gasteiger partial charge in [0.25, 0.3) is 0 Å². The number of nitrogens with zero attached hydrogens (tertiary/aromatic N) is 2. The minimum absolute atomic E-state index is 0.0647. The fourth-order valence-electron chi connectivity index (χ4n) is 3.17. The Labute approximate surface area is 175 Å². The van der Waals surface area contributed by atoms with E-state index < -0.39 is 0 Å². The zero-order valence-corrected chi connectivity index (χ0v) is 19.1. The summed E-state index contributed by atoms with van der Waals surface area (Å²) in [6.45, 7) is 8.35. The summed E-state index contributed by atoms with van der Waals surface area (Å²) in [6.07, 6.45) is 14.2. The largest absolute Gasteiger partial charge is 0.331 e. The van der Waals surface area contributed by atoms with Gasteiger partial charge in [-0.25, -0.2) is 4.98 Å². The van der Waals surface area contributed by atoms with Gasteiger partial charge in [-0.15, -0.1) is 11.3 Å². The number of thiazole rings is 1. The van der Waals surface area contributed by atoms with Gasteiger partial charge in [0.1, 0.15) is 6.54 Å². The average Bonchev–Trinajstić information content (AvgIpc) is 3.08. The predicted octanol–water partition coefficient (Wildman–Crippen LogP) is 5.94. The van der Waals surface area contributed by atoms with E-state index in [0.29, 0.717) is 11.6 Å². The molecule has 0 radical (unpaired) electrons. The van der Waals surface area contributed by atoms with Gasteiger partial charge >= 0.3 is 0 Å². The smallest absolute Gasteiger partial charge is 0.245 e. The van der Waals surface area contributed by atoms with Gasteiger partial charge in [-0.1, -0.05) is 65.2 Å². The summed E-state index contributed by atoms with van der Waals surface area (Å²) in [5.41, 5.74) is 0. The molecule has 1 aromatic rings. The molecule has 28 heavy (non-hydrogen) atoms. The Morgan fingerprint density at radius 3 is 2.21 bits per heavy atom. The van der Waals surface area contributed by atoms with Crippen LogP contribution in [0.15, 0.2) is 6.20 Å². The summed E-state index contributed by atoms with van der Waals surface area (Å²) in [5, 5.41) is 3.40. The quantitative estimate of drug-likeness (QED) is 0.365. The Kier molecular flexibility index (Phi) is 12.8. The van der Waals surface area contributed by atoms with E-state index in [2.05, 4.69) is 17.2 Å². The van der Waals surface area contributed by atoms with Crippen LogP contribution in [0.25, 0.3) is 0 Å². The minimum Gasteiger partial charge on any atom is -0.331 e. The molecule has 0 saturated carbocycles. The normalized spacial score (nSPS) is 12.0. The molecule has 0 aliphatic heterocycles. The third kappa shape index (κ3) is 10.2. The van der Waals surface area contributed by atoms with Gasteiger partial charge in [-0.3, -0.25) is 9.59 Å². The van der Waals surface area contributed by atoms with Crippen molar-refractivity contribution in [2.75, 3.05) is 11.9 Å². The third-order valence-electron chi connectivity index (χ3n) is 5.12. The molecule has 0 aliphatic rings. The van der Waals surface area contributed by atoms with Crippen LogP contribution >= 0.6 is 11.3 Å². The lowest BCUT2D eigenvalue weighted by atomic mass is 10.1. The molecule has 5 nitrogen and oxygen atoms in total. The van der Waals surface area contributed by atoms with E-state index >= 15 is 0 Å². The van der Waals surface area contributed by atoms with Gasteiger partial charge in [-0.05, 0) is 26.7 Å². The maximum atomic E-state index is 12.7. The molecule has 0 aromatic carbocycles. The fraction of sp³-hybridized carbons (Fsp3) is 0.773. The molecule has 0 saturated heterocycles. The van der Waals surface area contributed by atoms with E-state index in [4.69, 9.17) is 0 Å². The summed E-state index contributed by atoms with van der Waals surface area (Å²) in [5.74, 6) is -0.0853. The van der Waals surface area contributed by atoms with Gasteiger partial charge in [-0.2, -0.15) is 0 Å². The van der Waals surface area contributed by atoms with E-state index in [-0.39, 0.29) is 24.4 Å². The molecule has 1 aromatic heterocycles. The summed E-state index contributed by atoms with van der Waals surface area (Å²) >= 11 is 1.45. The van der Waals surface area contributed by atoms with Crippen LogP contribution < -0.4 is 5.32 Å². The standard InChI is InChI=1S/C22H39N3O2S/c1-5-7-8-9-10-11-12-13-14-15-21(27)25(18(3)6-2)17-20(26)24-22-23-16-19(4)28-22/h16,18H,5-15,17H2,1-4H3,(H,23,24,26). The van der Waals surface area contributed by atoms with E-state index in [1.807, 2.05) is 20.8 Å². The SMILES string of the molecule is CCCCCCCCCCCC(=O)N(CC(=O)Nc1ncc(C)s1)C(C)CC. The summed E-state index contributed by atoms with van der Waals surface area (Å²) < 4.78 is 0. The second-order valence-corrected chi connectivity index (χ2v) is 8.92. The number of anilines is 1. The highest BCUT2D eigenvalue weighted by Crippen LogP contribution is 2.17. The van der Waals surface area contributed by atoms with Crippen LogP contribution in [-0.2, 0) is 9.59 Å². The zero-order valence-electron chi connectivity index (χ0n) is 18.3. The molecule has 2 amide bonds. The molecule has 0 spiro atoms. The van der Waals surface area contributed by atoms with Crippen LogP contribution in [0.5, 0.6) is 0 Å². The van der Waals surface area contributed by atoms with Gasteiger partial charge in [0.2, 0.25) is 11.8 Å². The lowest BCUT2D eigenvalue weighted by Gasteiger charge is -2.28. The van der Waals surface area contributed by atoms with Crippen molar-refractivity contribution < 1.29 is 9.59 Å². The van der Waals surface area contributed by atoms with E-state index in [0.717, 1.165) is 24.1 Å².